The Balaban J connectivity index is 1.61. The van der Waals surface area contributed by atoms with Crippen LogP contribution in [-0.4, -0.2) is 35.8 Å². The highest BCUT2D eigenvalue weighted by Crippen LogP contribution is 2.31. The van der Waals surface area contributed by atoms with Crippen LogP contribution in [0, 0.1) is 13.8 Å². The average molecular weight is 398 g/mol. The summed E-state index contributed by atoms with van der Waals surface area (Å²) >= 11 is 1.19. The third kappa shape index (κ3) is 4.20. The van der Waals surface area contributed by atoms with Crippen molar-refractivity contribution >= 4 is 40.9 Å². The standard InChI is InChI=1S/C21H22N2O4S/c1-13-5-4-6-14(2)20(13)22-18(24)12-28-17-11-19(25)23(21(17)26)15-7-9-16(27-3)10-8-15/h4-10,17H,11-12H2,1-3H3,(H,22,24)/t17-/m0/s1. The number of carbonyl (C=O) groups is 3. The molecule has 6 nitrogen and oxygen atoms in total. The molecule has 0 aliphatic carbocycles. The molecule has 1 fully saturated rings. The Labute approximate surface area is 168 Å². The van der Waals surface area contributed by atoms with Crippen molar-refractivity contribution in [2.75, 3.05) is 23.1 Å². The van der Waals surface area contributed by atoms with Crippen molar-refractivity contribution in [1.82, 2.24) is 0 Å². The zero-order valence-corrected chi connectivity index (χ0v) is 16.8. The van der Waals surface area contributed by atoms with Crippen LogP contribution >= 0.6 is 11.8 Å². The van der Waals surface area contributed by atoms with Crippen LogP contribution in [0.5, 0.6) is 5.75 Å². The lowest BCUT2D eigenvalue weighted by molar-refractivity contribution is -0.121. The molecule has 7 heteroatoms. The zero-order chi connectivity index (χ0) is 20.3. The number of rotatable bonds is 6. The smallest absolute Gasteiger partial charge is 0.247 e. The Morgan fingerprint density at radius 1 is 1.14 bits per heavy atom. The van der Waals surface area contributed by atoms with E-state index in [2.05, 4.69) is 5.32 Å². The van der Waals surface area contributed by atoms with Crippen molar-refractivity contribution in [2.24, 2.45) is 0 Å². The Morgan fingerprint density at radius 3 is 2.39 bits per heavy atom. The summed E-state index contributed by atoms with van der Waals surface area (Å²) < 4.78 is 5.10. The first kappa shape index (κ1) is 19.9. The Kier molecular flexibility index (Phi) is 6.04. The predicted molar refractivity (Wildman–Crippen MR) is 111 cm³/mol. The van der Waals surface area contributed by atoms with E-state index < -0.39 is 5.25 Å². The van der Waals surface area contributed by atoms with Gasteiger partial charge >= 0.3 is 0 Å². The van der Waals surface area contributed by atoms with Crippen molar-refractivity contribution in [3.63, 3.8) is 0 Å². The van der Waals surface area contributed by atoms with E-state index in [1.807, 2.05) is 32.0 Å². The van der Waals surface area contributed by atoms with Crippen LogP contribution in [0.4, 0.5) is 11.4 Å². The maximum Gasteiger partial charge on any atom is 0.247 e. The third-order valence-corrected chi connectivity index (χ3v) is 5.80. The highest BCUT2D eigenvalue weighted by Gasteiger charge is 2.40. The van der Waals surface area contributed by atoms with E-state index in [1.165, 1.54) is 16.7 Å². The van der Waals surface area contributed by atoms with Crippen LogP contribution in [0.2, 0.25) is 0 Å². The molecule has 1 saturated heterocycles. The lowest BCUT2D eigenvalue weighted by Crippen LogP contribution is -2.31. The molecule has 0 spiro atoms. The minimum Gasteiger partial charge on any atom is -0.497 e. The van der Waals surface area contributed by atoms with Gasteiger partial charge in [-0.2, -0.15) is 0 Å². The second-order valence-corrected chi connectivity index (χ2v) is 7.78. The molecule has 2 aromatic carbocycles. The number of ether oxygens (including phenoxy) is 1. The first-order chi connectivity index (χ1) is 13.4. The van der Waals surface area contributed by atoms with Gasteiger partial charge in [0.2, 0.25) is 17.7 Å². The zero-order valence-electron chi connectivity index (χ0n) is 16.0. The van der Waals surface area contributed by atoms with Crippen LogP contribution in [0.3, 0.4) is 0 Å². The SMILES string of the molecule is COc1ccc(N2C(=O)C[C@H](SCC(=O)Nc3c(C)cccc3C)C2=O)cc1. The Bertz CT molecular complexity index is 891. The number of methoxy groups -OCH3 is 1. The molecule has 2 aromatic rings. The number of nitrogens with one attached hydrogen (secondary N) is 1. The molecule has 1 heterocycles. The quantitative estimate of drug-likeness (QED) is 0.756. The monoisotopic (exact) mass is 398 g/mol. The van der Waals surface area contributed by atoms with E-state index >= 15 is 0 Å². The van der Waals surface area contributed by atoms with Gasteiger partial charge in [0.05, 0.1) is 23.8 Å². The summed E-state index contributed by atoms with van der Waals surface area (Å²) in [7, 11) is 1.55. The summed E-state index contributed by atoms with van der Waals surface area (Å²) in [5, 5.41) is 2.34. The molecular weight excluding hydrogens is 376 g/mol. The van der Waals surface area contributed by atoms with Crippen LogP contribution in [0.25, 0.3) is 0 Å². The molecule has 1 N–H and O–H groups in total. The number of anilines is 2. The fraction of sp³-hybridized carbons (Fsp3) is 0.286. The molecule has 146 valence electrons. The molecule has 0 radical (unpaired) electrons. The molecule has 0 bridgehead atoms. The second kappa shape index (κ2) is 8.48. The highest BCUT2D eigenvalue weighted by molar-refractivity contribution is 8.01. The van der Waals surface area contributed by atoms with E-state index in [9.17, 15) is 14.4 Å². The van der Waals surface area contributed by atoms with Crippen LogP contribution < -0.4 is 15.0 Å². The Morgan fingerprint density at radius 2 is 1.79 bits per heavy atom. The number of amides is 3. The van der Waals surface area contributed by atoms with Gasteiger partial charge in [0.25, 0.3) is 0 Å². The molecule has 0 unspecified atom stereocenters. The molecule has 0 saturated carbocycles. The normalized spacial score (nSPS) is 16.4. The molecule has 1 aliphatic heterocycles. The van der Waals surface area contributed by atoms with Crippen molar-refractivity contribution in [3.05, 3.63) is 53.6 Å². The number of carbonyl (C=O) groups excluding carboxylic acids is 3. The van der Waals surface area contributed by atoms with Gasteiger partial charge in [-0.25, -0.2) is 4.90 Å². The van der Waals surface area contributed by atoms with Gasteiger partial charge in [0.15, 0.2) is 0 Å². The number of imide groups is 1. The van der Waals surface area contributed by atoms with Gasteiger partial charge in [-0.05, 0) is 49.2 Å². The van der Waals surface area contributed by atoms with E-state index in [-0.39, 0.29) is 29.9 Å². The number of aryl methyl sites for hydroxylation is 2. The van der Waals surface area contributed by atoms with E-state index in [0.29, 0.717) is 11.4 Å². The topological polar surface area (TPSA) is 75.7 Å². The maximum atomic E-state index is 12.7. The molecule has 28 heavy (non-hydrogen) atoms. The fourth-order valence-electron chi connectivity index (χ4n) is 3.10. The second-order valence-electron chi connectivity index (χ2n) is 6.58. The molecule has 1 aliphatic rings. The van der Waals surface area contributed by atoms with Crippen molar-refractivity contribution in [1.29, 1.82) is 0 Å². The molecular formula is C21H22N2O4S. The van der Waals surface area contributed by atoms with Crippen molar-refractivity contribution in [2.45, 2.75) is 25.5 Å². The minimum atomic E-state index is -0.557. The van der Waals surface area contributed by atoms with Crippen LogP contribution in [-0.2, 0) is 14.4 Å². The van der Waals surface area contributed by atoms with Gasteiger partial charge in [-0.3, -0.25) is 14.4 Å². The highest BCUT2D eigenvalue weighted by atomic mass is 32.2. The largest absolute Gasteiger partial charge is 0.497 e. The first-order valence-electron chi connectivity index (χ1n) is 8.89. The van der Waals surface area contributed by atoms with E-state index in [4.69, 9.17) is 4.74 Å². The summed E-state index contributed by atoms with van der Waals surface area (Å²) in [6.45, 7) is 3.86. The Hall–Kier alpha value is -2.80. The average Bonchev–Trinajstić information content (AvgIpc) is 2.96. The number of nitrogens with zero attached hydrogens (tertiary/aromatic N) is 1. The van der Waals surface area contributed by atoms with Gasteiger partial charge in [-0.1, -0.05) is 18.2 Å². The summed E-state index contributed by atoms with van der Waals surface area (Å²) in [5.74, 6) is 0.0128. The number of hydrogen-bond donors (Lipinski definition) is 1. The first-order valence-corrected chi connectivity index (χ1v) is 9.94. The minimum absolute atomic E-state index is 0.0895. The summed E-state index contributed by atoms with van der Waals surface area (Å²) in [5.41, 5.74) is 3.27. The third-order valence-electron chi connectivity index (χ3n) is 4.60. The molecule has 3 rings (SSSR count). The van der Waals surface area contributed by atoms with E-state index in [0.717, 1.165) is 16.8 Å². The van der Waals surface area contributed by atoms with E-state index in [1.54, 1.807) is 31.4 Å². The van der Waals surface area contributed by atoms with Crippen LogP contribution in [0.15, 0.2) is 42.5 Å². The molecule has 0 aromatic heterocycles. The van der Waals surface area contributed by atoms with Gasteiger partial charge in [0, 0.05) is 12.1 Å². The van der Waals surface area contributed by atoms with Crippen molar-refractivity contribution in [3.8, 4) is 5.75 Å². The molecule has 3 amide bonds. The lowest BCUT2D eigenvalue weighted by atomic mass is 10.1. The van der Waals surface area contributed by atoms with Gasteiger partial charge < -0.3 is 10.1 Å². The summed E-state index contributed by atoms with van der Waals surface area (Å²) in [6.07, 6.45) is 0.0895. The number of thioether (sulfide) groups is 1. The van der Waals surface area contributed by atoms with Crippen LogP contribution in [0.1, 0.15) is 17.5 Å². The number of benzene rings is 2. The lowest BCUT2D eigenvalue weighted by Gasteiger charge is -2.15. The van der Waals surface area contributed by atoms with Gasteiger partial charge in [0.1, 0.15) is 5.75 Å². The number of para-hydroxylation sites is 1. The van der Waals surface area contributed by atoms with Gasteiger partial charge in [-0.15, -0.1) is 11.8 Å². The summed E-state index contributed by atoms with van der Waals surface area (Å²) in [4.78, 5) is 38.5. The molecule has 1 atom stereocenters. The summed E-state index contributed by atoms with van der Waals surface area (Å²) in [6, 6.07) is 12.6. The predicted octanol–water partition coefficient (Wildman–Crippen LogP) is 3.32. The number of hydrogen-bond acceptors (Lipinski definition) is 5. The maximum absolute atomic E-state index is 12.7. The fourth-order valence-corrected chi connectivity index (χ4v) is 4.03. The van der Waals surface area contributed by atoms with Crippen molar-refractivity contribution < 1.29 is 19.1 Å².